The fourth-order valence-corrected chi connectivity index (χ4v) is 5.07. The van der Waals surface area contributed by atoms with Crippen molar-refractivity contribution in [2.24, 2.45) is 5.10 Å². The topological polar surface area (TPSA) is 63.8 Å². The molecule has 1 amide bonds. The van der Waals surface area contributed by atoms with Crippen LogP contribution in [0.15, 0.2) is 77.5 Å². The highest BCUT2D eigenvalue weighted by Gasteiger charge is 2.13. The molecule has 0 spiro atoms. The lowest BCUT2D eigenvalue weighted by atomic mass is 10.2. The van der Waals surface area contributed by atoms with Crippen molar-refractivity contribution >= 4 is 94.1 Å². The average Bonchev–Trinajstić information content (AvgIpc) is 3.19. The molecule has 0 unspecified atom stereocenters. The number of nitrogens with one attached hydrogen (secondary N) is 1. The summed E-state index contributed by atoms with van der Waals surface area (Å²) >= 11 is 22.4. The predicted octanol–water partition coefficient (Wildman–Crippen LogP) is 8.37. The Bertz CT molecular complexity index is 1370. The van der Waals surface area contributed by atoms with Crippen molar-refractivity contribution < 1.29 is 13.9 Å². The van der Waals surface area contributed by atoms with Crippen molar-refractivity contribution in [1.82, 2.24) is 5.43 Å². The van der Waals surface area contributed by atoms with E-state index in [4.69, 9.17) is 32.4 Å². The Kier molecular flexibility index (Phi) is 7.81. The number of ether oxygens (including phenoxy) is 1. The maximum absolute atomic E-state index is 12.4. The van der Waals surface area contributed by atoms with Gasteiger partial charge >= 0.3 is 5.91 Å². The van der Waals surface area contributed by atoms with Gasteiger partial charge in [0, 0.05) is 9.86 Å². The molecule has 10 heteroatoms. The monoisotopic (exact) mass is 672 g/mol. The van der Waals surface area contributed by atoms with E-state index in [1.165, 1.54) is 6.21 Å². The van der Waals surface area contributed by atoms with Crippen LogP contribution in [0.4, 0.5) is 0 Å². The normalized spacial score (nSPS) is 11.3. The standard InChI is InChI=1S/C23H13Br3Cl2N2O3/c24-15-2-4-20-14(8-15)9-21(33-20)23(31)30-29-10-13-5-16(25)22(17(26)6-13)32-11-12-1-3-18(27)19(28)7-12/h1-10H,11H2,(H,30,31)/b29-10+. The van der Waals surface area contributed by atoms with Crippen molar-refractivity contribution in [1.29, 1.82) is 0 Å². The Labute approximate surface area is 224 Å². The molecule has 0 fully saturated rings. The van der Waals surface area contributed by atoms with Crippen molar-refractivity contribution in [3.8, 4) is 5.75 Å². The molecule has 4 aromatic rings. The van der Waals surface area contributed by atoms with E-state index < -0.39 is 5.91 Å². The highest BCUT2D eigenvalue weighted by atomic mass is 79.9. The molecule has 0 aliphatic rings. The number of halogens is 5. The van der Waals surface area contributed by atoms with Crippen LogP contribution in [0.2, 0.25) is 10.0 Å². The number of hydrazone groups is 1. The van der Waals surface area contributed by atoms with Crippen LogP contribution in [0.5, 0.6) is 5.75 Å². The number of furan rings is 1. The van der Waals surface area contributed by atoms with Gasteiger partial charge in [0.1, 0.15) is 17.9 Å². The number of amides is 1. The molecule has 33 heavy (non-hydrogen) atoms. The molecule has 0 saturated heterocycles. The number of fused-ring (bicyclic) bond motifs is 1. The lowest BCUT2D eigenvalue weighted by Crippen LogP contribution is -2.16. The quantitative estimate of drug-likeness (QED) is 0.165. The lowest BCUT2D eigenvalue weighted by molar-refractivity contribution is 0.0929. The molecule has 0 aliphatic carbocycles. The molecule has 5 nitrogen and oxygen atoms in total. The molecule has 0 aliphatic heterocycles. The molecule has 0 saturated carbocycles. The number of nitrogens with zero attached hydrogens (tertiary/aromatic N) is 1. The second-order valence-corrected chi connectivity index (χ2v) is 10.3. The third-order valence-corrected chi connectivity index (χ3v) is 6.88. The van der Waals surface area contributed by atoms with Gasteiger partial charge in [0.25, 0.3) is 0 Å². The lowest BCUT2D eigenvalue weighted by Gasteiger charge is -2.12. The van der Waals surface area contributed by atoms with Crippen LogP contribution in [-0.4, -0.2) is 12.1 Å². The Balaban J connectivity index is 1.41. The molecule has 3 aromatic carbocycles. The minimum atomic E-state index is -0.446. The Morgan fingerprint density at radius 3 is 2.48 bits per heavy atom. The van der Waals surface area contributed by atoms with Gasteiger partial charge in [0.2, 0.25) is 0 Å². The maximum atomic E-state index is 12.4. The van der Waals surface area contributed by atoms with E-state index in [1.807, 2.05) is 30.3 Å². The highest BCUT2D eigenvalue weighted by molar-refractivity contribution is 9.11. The van der Waals surface area contributed by atoms with E-state index in [9.17, 15) is 4.79 Å². The number of carbonyl (C=O) groups is 1. The third-order valence-electron chi connectivity index (χ3n) is 4.47. The fourth-order valence-electron chi connectivity index (χ4n) is 2.92. The van der Waals surface area contributed by atoms with Gasteiger partial charge in [-0.15, -0.1) is 0 Å². The molecule has 168 valence electrons. The predicted molar refractivity (Wildman–Crippen MR) is 142 cm³/mol. The SMILES string of the molecule is O=C(N/N=C/c1cc(Br)c(OCc2ccc(Cl)c(Cl)c2)c(Br)c1)c1cc2cc(Br)ccc2o1. The smallest absolute Gasteiger partial charge is 0.307 e. The zero-order chi connectivity index (χ0) is 23.5. The summed E-state index contributed by atoms with van der Waals surface area (Å²) in [5.41, 5.74) is 4.72. The van der Waals surface area contributed by atoms with Crippen LogP contribution in [0.25, 0.3) is 11.0 Å². The third kappa shape index (κ3) is 6.00. The van der Waals surface area contributed by atoms with E-state index in [-0.39, 0.29) is 5.76 Å². The van der Waals surface area contributed by atoms with Gasteiger partial charge in [0.15, 0.2) is 5.76 Å². The first kappa shape index (κ1) is 24.3. The highest BCUT2D eigenvalue weighted by Crippen LogP contribution is 2.35. The summed E-state index contributed by atoms with van der Waals surface area (Å²) in [6.45, 7) is 0.311. The summed E-state index contributed by atoms with van der Waals surface area (Å²) in [7, 11) is 0. The van der Waals surface area contributed by atoms with Crippen LogP contribution >= 0.6 is 71.0 Å². The minimum absolute atomic E-state index is 0.175. The summed E-state index contributed by atoms with van der Waals surface area (Å²) in [5, 5.41) is 5.81. The Hall–Kier alpha value is -1.84. The van der Waals surface area contributed by atoms with Gasteiger partial charge in [-0.3, -0.25) is 4.79 Å². The first-order valence-corrected chi connectivity index (χ1v) is 12.5. The van der Waals surface area contributed by atoms with Crippen LogP contribution in [0.3, 0.4) is 0 Å². The van der Waals surface area contributed by atoms with E-state index in [2.05, 4.69) is 58.3 Å². The van der Waals surface area contributed by atoms with Crippen LogP contribution in [-0.2, 0) is 6.61 Å². The van der Waals surface area contributed by atoms with Crippen molar-refractivity contribution in [3.05, 3.63) is 94.9 Å². The number of rotatable bonds is 6. The van der Waals surface area contributed by atoms with Crippen LogP contribution in [0, 0.1) is 0 Å². The Morgan fingerprint density at radius 1 is 1.00 bits per heavy atom. The summed E-state index contributed by atoms with van der Waals surface area (Å²) in [6, 6.07) is 16.2. The first-order chi connectivity index (χ1) is 15.8. The van der Waals surface area contributed by atoms with E-state index in [1.54, 1.807) is 24.3 Å². The maximum Gasteiger partial charge on any atom is 0.307 e. The van der Waals surface area contributed by atoms with E-state index in [0.717, 1.165) is 21.0 Å². The van der Waals surface area contributed by atoms with Gasteiger partial charge in [-0.1, -0.05) is 45.2 Å². The Morgan fingerprint density at radius 2 is 1.76 bits per heavy atom. The molecule has 4 rings (SSSR count). The fraction of sp³-hybridized carbons (Fsp3) is 0.0435. The average molecular weight is 676 g/mol. The van der Waals surface area contributed by atoms with Crippen LogP contribution < -0.4 is 10.2 Å². The number of hydrogen-bond acceptors (Lipinski definition) is 4. The zero-order valence-electron chi connectivity index (χ0n) is 16.5. The van der Waals surface area contributed by atoms with Crippen molar-refractivity contribution in [2.75, 3.05) is 0 Å². The second-order valence-electron chi connectivity index (χ2n) is 6.84. The summed E-state index contributed by atoms with van der Waals surface area (Å²) in [4.78, 5) is 12.4. The number of hydrogen-bond donors (Lipinski definition) is 1. The molecule has 1 heterocycles. The number of benzene rings is 3. The minimum Gasteiger partial charge on any atom is -0.487 e. The molecule has 1 N–H and O–H groups in total. The summed E-state index contributed by atoms with van der Waals surface area (Å²) in [6.07, 6.45) is 1.52. The summed E-state index contributed by atoms with van der Waals surface area (Å²) in [5.74, 6) is 0.350. The first-order valence-electron chi connectivity index (χ1n) is 9.38. The molecule has 0 bridgehead atoms. The van der Waals surface area contributed by atoms with Gasteiger partial charge in [-0.2, -0.15) is 5.10 Å². The summed E-state index contributed by atoms with van der Waals surface area (Å²) < 4.78 is 13.8. The zero-order valence-corrected chi connectivity index (χ0v) is 22.8. The molecular weight excluding hydrogens is 663 g/mol. The van der Waals surface area contributed by atoms with E-state index in [0.29, 0.717) is 36.9 Å². The molecule has 0 radical (unpaired) electrons. The van der Waals surface area contributed by atoms with Gasteiger partial charge in [-0.05, 0) is 91.5 Å². The largest absolute Gasteiger partial charge is 0.487 e. The van der Waals surface area contributed by atoms with Crippen LogP contribution in [0.1, 0.15) is 21.7 Å². The van der Waals surface area contributed by atoms with Crippen molar-refractivity contribution in [2.45, 2.75) is 6.61 Å². The molecule has 1 aromatic heterocycles. The van der Waals surface area contributed by atoms with Gasteiger partial charge in [0.05, 0.1) is 25.2 Å². The number of carbonyl (C=O) groups excluding carboxylic acids is 1. The second kappa shape index (κ2) is 10.6. The van der Waals surface area contributed by atoms with E-state index >= 15 is 0 Å². The van der Waals surface area contributed by atoms with Crippen molar-refractivity contribution in [3.63, 3.8) is 0 Å². The molecule has 0 atom stereocenters. The molecular formula is C23H13Br3Cl2N2O3. The van der Waals surface area contributed by atoms with Gasteiger partial charge < -0.3 is 9.15 Å². The van der Waals surface area contributed by atoms with Gasteiger partial charge in [-0.25, -0.2) is 5.43 Å².